The summed E-state index contributed by atoms with van der Waals surface area (Å²) in [6.45, 7) is 0.486. The Morgan fingerprint density at radius 3 is 2.23 bits per heavy atom. The lowest BCUT2D eigenvalue weighted by molar-refractivity contribution is -0.125. The molecule has 224 valence electrons. The number of aliphatic hydroxyl groups excluding tert-OH is 1. The van der Waals surface area contributed by atoms with Crippen molar-refractivity contribution >= 4 is 17.4 Å². The number of alkyl halides is 1. The highest BCUT2D eigenvalue weighted by Crippen LogP contribution is 2.53. The number of azo groups is 2. The summed E-state index contributed by atoms with van der Waals surface area (Å²) in [5.41, 5.74) is 3.23. The Hall–Kier alpha value is -0.960. The molecule has 0 aromatic rings. The van der Waals surface area contributed by atoms with E-state index in [2.05, 4.69) is 15.7 Å². The quantitative estimate of drug-likeness (QED) is 0.211. The number of rotatable bonds is 7. The second kappa shape index (κ2) is 13.1. The highest BCUT2D eigenvalue weighted by molar-refractivity contribution is 6.21. The summed E-state index contributed by atoms with van der Waals surface area (Å²) in [7, 11) is 1.73. The van der Waals surface area contributed by atoms with Crippen LogP contribution >= 0.6 is 11.6 Å². The number of nitrogens with zero attached hydrogens (tertiary/aromatic N) is 4. The van der Waals surface area contributed by atoms with Crippen LogP contribution < -0.4 is 5.48 Å². The van der Waals surface area contributed by atoms with Gasteiger partial charge in [-0.05, 0) is 87.9 Å². The first-order valence-electron chi connectivity index (χ1n) is 16.5. The van der Waals surface area contributed by atoms with Gasteiger partial charge in [0.2, 0.25) is 0 Å². The molecule has 0 bridgehead atoms. The third-order valence-corrected chi connectivity index (χ3v) is 12.3. The Morgan fingerprint density at radius 1 is 0.825 bits per heavy atom. The summed E-state index contributed by atoms with van der Waals surface area (Å²) in [5.74, 6) is 2.81. The number of Topliss-reactive ketones (excluding diaryl/α,β-unsaturated/α-hetero) is 1. The molecule has 0 amide bonds. The molecule has 8 nitrogen and oxygen atoms in total. The molecule has 6 aliphatic rings. The van der Waals surface area contributed by atoms with Crippen molar-refractivity contribution in [3.8, 4) is 0 Å². The van der Waals surface area contributed by atoms with Gasteiger partial charge in [-0.15, -0.1) is 11.6 Å². The molecular weight excluding hydrogens is 526 g/mol. The van der Waals surface area contributed by atoms with Crippen LogP contribution in [0.15, 0.2) is 20.5 Å². The number of nitrogens with one attached hydrogen (secondary N) is 1. The minimum absolute atomic E-state index is 0.0525. The van der Waals surface area contributed by atoms with Gasteiger partial charge >= 0.3 is 0 Å². The van der Waals surface area contributed by atoms with E-state index in [9.17, 15) is 9.90 Å². The minimum Gasteiger partial charge on any atom is -0.390 e. The number of halogens is 1. The SMILES string of the molecule is CN=NC1CCC2C(C1)C(=O)C1CC(N=NC3C(O)C(CONC4CCCCC4Cl)CC4CCCCC43)CCC12. The Balaban J connectivity index is 1.08. The number of aliphatic hydroxyl groups is 1. The van der Waals surface area contributed by atoms with Gasteiger partial charge in [0.05, 0.1) is 30.2 Å². The van der Waals surface area contributed by atoms with Crippen molar-refractivity contribution in [3.63, 3.8) is 0 Å². The minimum atomic E-state index is -0.542. The van der Waals surface area contributed by atoms with Gasteiger partial charge in [0.15, 0.2) is 0 Å². The molecule has 13 unspecified atom stereocenters. The molecule has 40 heavy (non-hydrogen) atoms. The molecule has 9 heteroatoms. The van der Waals surface area contributed by atoms with E-state index in [1.54, 1.807) is 7.05 Å². The van der Waals surface area contributed by atoms with Gasteiger partial charge in [0, 0.05) is 30.8 Å². The molecule has 13 atom stereocenters. The highest BCUT2D eigenvalue weighted by atomic mass is 35.5. The van der Waals surface area contributed by atoms with E-state index in [1.807, 2.05) is 0 Å². The summed E-state index contributed by atoms with van der Waals surface area (Å²) < 4.78 is 0. The van der Waals surface area contributed by atoms with Gasteiger partial charge in [-0.2, -0.15) is 25.9 Å². The smallest absolute Gasteiger partial charge is 0.139 e. The molecule has 0 aromatic heterocycles. The van der Waals surface area contributed by atoms with Crippen molar-refractivity contribution in [3.05, 3.63) is 0 Å². The lowest BCUT2D eigenvalue weighted by atomic mass is 9.64. The summed E-state index contributed by atoms with van der Waals surface area (Å²) in [6.07, 6.45) is 15.7. The van der Waals surface area contributed by atoms with Crippen LogP contribution in [0.3, 0.4) is 0 Å². The predicted molar refractivity (Wildman–Crippen MR) is 154 cm³/mol. The molecule has 0 heterocycles. The number of hydrogen-bond acceptors (Lipinski definition) is 8. The van der Waals surface area contributed by atoms with Crippen molar-refractivity contribution in [1.82, 2.24) is 5.48 Å². The van der Waals surface area contributed by atoms with E-state index in [-0.39, 0.29) is 47.3 Å². The maximum atomic E-state index is 13.5. The van der Waals surface area contributed by atoms with Crippen LogP contribution in [0, 0.1) is 41.4 Å². The highest BCUT2D eigenvalue weighted by Gasteiger charge is 2.53. The molecule has 6 aliphatic carbocycles. The van der Waals surface area contributed by atoms with Gasteiger partial charge in [-0.3, -0.25) is 4.79 Å². The van der Waals surface area contributed by atoms with E-state index in [1.165, 1.54) is 32.1 Å². The second-order valence-corrected chi connectivity index (χ2v) is 14.5. The average Bonchev–Trinajstić information content (AvgIpc) is 3.24. The first kappa shape index (κ1) is 29.1. The Bertz CT molecular complexity index is 935. The lowest BCUT2D eigenvalue weighted by Crippen LogP contribution is -2.50. The largest absolute Gasteiger partial charge is 0.390 e. The summed E-state index contributed by atoms with van der Waals surface area (Å²) >= 11 is 6.51. The topological polar surface area (TPSA) is 108 Å². The fourth-order valence-corrected chi connectivity index (χ4v) is 10.0. The van der Waals surface area contributed by atoms with Crippen molar-refractivity contribution in [2.24, 2.45) is 61.9 Å². The summed E-state index contributed by atoms with van der Waals surface area (Å²) in [4.78, 5) is 19.5. The Morgan fingerprint density at radius 2 is 1.50 bits per heavy atom. The number of hydrogen-bond donors (Lipinski definition) is 2. The monoisotopic (exact) mass is 575 g/mol. The molecule has 6 rings (SSSR count). The zero-order valence-electron chi connectivity index (χ0n) is 24.2. The van der Waals surface area contributed by atoms with Gasteiger partial charge in [0.25, 0.3) is 0 Å². The molecule has 2 N–H and O–H groups in total. The van der Waals surface area contributed by atoms with Crippen molar-refractivity contribution in [1.29, 1.82) is 0 Å². The van der Waals surface area contributed by atoms with Crippen molar-refractivity contribution < 1.29 is 14.7 Å². The molecular formula is C31H50ClN5O3. The Labute approximate surface area is 244 Å². The number of ketones is 1. The van der Waals surface area contributed by atoms with Crippen LogP contribution in [0.4, 0.5) is 0 Å². The fraction of sp³-hybridized carbons (Fsp3) is 0.968. The van der Waals surface area contributed by atoms with Gasteiger partial charge < -0.3 is 9.94 Å². The van der Waals surface area contributed by atoms with E-state index in [0.29, 0.717) is 36.1 Å². The molecule has 0 saturated heterocycles. The molecule has 6 saturated carbocycles. The number of hydroxylamine groups is 1. The first-order chi connectivity index (χ1) is 19.5. The number of fused-ring (bicyclic) bond motifs is 4. The lowest BCUT2D eigenvalue weighted by Gasteiger charge is -2.45. The zero-order chi connectivity index (χ0) is 27.6. The normalized spacial score (nSPS) is 47.8. The average molecular weight is 576 g/mol. The number of carbonyl (C=O) groups is 1. The van der Waals surface area contributed by atoms with Crippen LogP contribution in [0.5, 0.6) is 0 Å². The predicted octanol–water partition coefficient (Wildman–Crippen LogP) is 6.30. The van der Waals surface area contributed by atoms with E-state index in [0.717, 1.165) is 64.2 Å². The van der Waals surface area contributed by atoms with Crippen molar-refractivity contribution in [2.45, 2.75) is 132 Å². The summed E-state index contributed by atoms with van der Waals surface area (Å²) in [6, 6.07) is 0.334. The molecule has 0 aliphatic heterocycles. The van der Waals surface area contributed by atoms with Crippen LogP contribution in [-0.2, 0) is 9.63 Å². The zero-order valence-corrected chi connectivity index (χ0v) is 25.0. The standard InChI is InChI=1S/C31H50ClN5O3/c1-33-34-20-10-12-23-24-13-11-21(16-26(24)31(39)25(23)15-20)35-36-29-22-7-3-2-6-18(22)14-19(30(29)38)17-40-37-28-9-5-4-8-27(28)32/h18-30,37-38H,2-17H2,1H3. The maximum absolute atomic E-state index is 13.5. The van der Waals surface area contributed by atoms with Crippen molar-refractivity contribution in [2.75, 3.05) is 13.7 Å². The van der Waals surface area contributed by atoms with Crippen LogP contribution in [-0.4, -0.2) is 60.2 Å². The third kappa shape index (κ3) is 6.07. The van der Waals surface area contributed by atoms with Crippen LogP contribution in [0.1, 0.15) is 96.3 Å². The third-order valence-electron chi connectivity index (χ3n) is 11.7. The molecule has 0 aromatic carbocycles. The maximum Gasteiger partial charge on any atom is 0.139 e. The molecule has 6 fully saturated rings. The van der Waals surface area contributed by atoms with Gasteiger partial charge in [0.1, 0.15) is 11.8 Å². The van der Waals surface area contributed by atoms with E-state index < -0.39 is 6.10 Å². The fourth-order valence-electron chi connectivity index (χ4n) is 9.68. The molecule has 0 radical (unpaired) electrons. The van der Waals surface area contributed by atoms with E-state index >= 15 is 0 Å². The van der Waals surface area contributed by atoms with Gasteiger partial charge in [-0.25, -0.2) is 0 Å². The summed E-state index contributed by atoms with van der Waals surface area (Å²) in [5, 5.41) is 29.9. The van der Waals surface area contributed by atoms with Crippen LogP contribution in [0.2, 0.25) is 0 Å². The Kier molecular flexibility index (Phi) is 9.56. The molecule has 0 spiro atoms. The first-order valence-corrected chi connectivity index (χ1v) is 16.9. The second-order valence-electron chi connectivity index (χ2n) is 13.9. The van der Waals surface area contributed by atoms with Gasteiger partial charge in [-0.1, -0.05) is 32.1 Å². The number of carbonyl (C=O) groups excluding carboxylic acids is 1. The van der Waals surface area contributed by atoms with E-state index in [4.69, 9.17) is 26.7 Å². The van der Waals surface area contributed by atoms with Crippen LogP contribution in [0.25, 0.3) is 0 Å².